The summed E-state index contributed by atoms with van der Waals surface area (Å²) in [5, 5.41) is 0. The summed E-state index contributed by atoms with van der Waals surface area (Å²) in [5.41, 5.74) is 0.747. The third-order valence-electron chi connectivity index (χ3n) is 5.32. The van der Waals surface area contributed by atoms with Crippen LogP contribution >= 0.6 is 0 Å². The van der Waals surface area contributed by atoms with Gasteiger partial charge in [-0.1, -0.05) is 71.9 Å². The molecule has 0 aliphatic carbocycles. The van der Waals surface area contributed by atoms with E-state index in [0.717, 1.165) is 23.7 Å². The van der Waals surface area contributed by atoms with E-state index in [0.29, 0.717) is 0 Å². The van der Waals surface area contributed by atoms with Crippen molar-refractivity contribution in [3.05, 3.63) is 35.9 Å². The molecule has 0 radical (unpaired) electrons. The first kappa shape index (κ1) is 21.6. The smallest absolute Gasteiger partial charge is 0.417 e. The summed E-state index contributed by atoms with van der Waals surface area (Å²) in [5.74, 6) is -0.282. The van der Waals surface area contributed by atoms with E-state index in [4.69, 9.17) is 9.16 Å². The second-order valence-electron chi connectivity index (χ2n) is 8.46. The molecule has 2 unspecified atom stereocenters. The van der Waals surface area contributed by atoms with E-state index in [9.17, 15) is 9.59 Å². The van der Waals surface area contributed by atoms with E-state index in [1.165, 1.54) is 4.90 Å². The minimum Gasteiger partial charge on any atom is -0.449 e. The van der Waals surface area contributed by atoms with Crippen LogP contribution in [0, 0.1) is 5.41 Å². The maximum absolute atomic E-state index is 12.9. The van der Waals surface area contributed by atoms with Crippen LogP contribution < -0.4 is 0 Å². The number of carbonyl (C=O) groups is 2. The normalized spacial score (nSPS) is 20.4. The van der Waals surface area contributed by atoms with Gasteiger partial charge in [0, 0.05) is 0 Å². The molecule has 2 amide bonds. The quantitative estimate of drug-likeness (QED) is 0.477. The van der Waals surface area contributed by atoms with Gasteiger partial charge in [0.25, 0.3) is 5.91 Å². The first-order chi connectivity index (χ1) is 12.7. The Labute approximate surface area is 164 Å². The molecule has 0 aromatic heterocycles. The average molecular weight is 392 g/mol. The number of ether oxygens (including phenoxy) is 1. The van der Waals surface area contributed by atoms with Crippen LogP contribution in [0.2, 0.25) is 18.1 Å². The fourth-order valence-electron chi connectivity index (χ4n) is 3.37. The lowest BCUT2D eigenvalue weighted by Crippen LogP contribution is -2.64. The standard InChI is InChI=1S/C21H33NO4Si/c1-7-27(8-2,9-3)26-18-17(16-13-11-10-12-14-16)22(19(18)23)20(24)25-15-21(4,5)6/h10-14,17-18H,7-9,15H2,1-6H3. The number of benzene rings is 1. The van der Waals surface area contributed by atoms with Crippen molar-refractivity contribution in [2.24, 2.45) is 5.41 Å². The maximum atomic E-state index is 12.9. The van der Waals surface area contributed by atoms with Gasteiger partial charge in [-0.3, -0.25) is 4.79 Å². The monoisotopic (exact) mass is 391 g/mol. The highest BCUT2D eigenvalue weighted by Gasteiger charge is 2.55. The highest BCUT2D eigenvalue weighted by Crippen LogP contribution is 2.41. The Morgan fingerprint density at radius 1 is 1.07 bits per heavy atom. The number of likely N-dealkylation sites (tertiary alicyclic amines) is 1. The highest BCUT2D eigenvalue weighted by molar-refractivity contribution is 6.73. The number of rotatable bonds is 7. The molecule has 2 atom stereocenters. The molecule has 0 spiro atoms. The first-order valence-corrected chi connectivity index (χ1v) is 12.4. The van der Waals surface area contributed by atoms with Crippen molar-refractivity contribution in [1.29, 1.82) is 0 Å². The number of imide groups is 1. The molecular formula is C21H33NO4Si. The second kappa shape index (κ2) is 8.57. The van der Waals surface area contributed by atoms with Crippen LogP contribution in [0.15, 0.2) is 30.3 Å². The Morgan fingerprint density at radius 2 is 1.63 bits per heavy atom. The maximum Gasteiger partial charge on any atom is 0.417 e. The lowest BCUT2D eigenvalue weighted by Gasteiger charge is -2.48. The van der Waals surface area contributed by atoms with Crippen molar-refractivity contribution < 1.29 is 18.8 Å². The minimum absolute atomic E-state index is 0.156. The third-order valence-corrected chi connectivity index (χ3v) is 9.94. The number of amides is 2. The van der Waals surface area contributed by atoms with Crippen molar-refractivity contribution in [2.45, 2.75) is 71.8 Å². The van der Waals surface area contributed by atoms with Gasteiger partial charge in [-0.25, -0.2) is 9.69 Å². The van der Waals surface area contributed by atoms with Gasteiger partial charge in [-0.05, 0) is 29.1 Å². The minimum atomic E-state index is -1.98. The van der Waals surface area contributed by atoms with Crippen molar-refractivity contribution in [1.82, 2.24) is 4.90 Å². The van der Waals surface area contributed by atoms with Crippen LogP contribution in [0.4, 0.5) is 4.79 Å². The molecular weight excluding hydrogens is 358 g/mol. The van der Waals surface area contributed by atoms with Crippen LogP contribution in [-0.4, -0.2) is 37.9 Å². The predicted molar refractivity (Wildman–Crippen MR) is 109 cm³/mol. The van der Waals surface area contributed by atoms with E-state index in [1.807, 2.05) is 51.1 Å². The van der Waals surface area contributed by atoms with Gasteiger partial charge in [0.2, 0.25) is 0 Å². The van der Waals surface area contributed by atoms with Gasteiger partial charge < -0.3 is 9.16 Å². The van der Waals surface area contributed by atoms with E-state index < -0.39 is 26.6 Å². The zero-order valence-corrected chi connectivity index (χ0v) is 18.5. The molecule has 1 aromatic rings. The lowest BCUT2D eigenvalue weighted by molar-refractivity contribution is -0.161. The molecule has 1 aliphatic heterocycles. The van der Waals surface area contributed by atoms with Gasteiger partial charge in [0.15, 0.2) is 14.4 Å². The summed E-state index contributed by atoms with van der Waals surface area (Å²) in [7, 11) is -1.98. The second-order valence-corrected chi connectivity index (χ2v) is 13.2. The summed E-state index contributed by atoms with van der Waals surface area (Å²) in [4.78, 5) is 26.7. The fourth-order valence-corrected chi connectivity index (χ4v) is 6.14. The molecule has 5 nitrogen and oxygen atoms in total. The Hall–Kier alpha value is -1.66. The number of hydrogen-bond donors (Lipinski definition) is 0. The lowest BCUT2D eigenvalue weighted by atomic mass is 9.91. The molecule has 1 aliphatic rings. The number of nitrogens with zero attached hydrogens (tertiary/aromatic N) is 1. The topological polar surface area (TPSA) is 55.8 Å². The zero-order chi connectivity index (χ0) is 20.2. The van der Waals surface area contributed by atoms with E-state index in [2.05, 4.69) is 20.8 Å². The van der Waals surface area contributed by atoms with Crippen molar-refractivity contribution >= 4 is 20.3 Å². The Morgan fingerprint density at radius 3 is 2.11 bits per heavy atom. The fraction of sp³-hybridized carbons (Fsp3) is 0.619. The summed E-state index contributed by atoms with van der Waals surface area (Å²) >= 11 is 0. The van der Waals surface area contributed by atoms with E-state index in [-0.39, 0.29) is 17.9 Å². The van der Waals surface area contributed by atoms with Gasteiger partial charge >= 0.3 is 6.09 Å². The van der Waals surface area contributed by atoms with Gasteiger partial charge in [-0.2, -0.15) is 0 Å². The summed E-state index contributed by atoms with van der Waals surface area (Å²) in [6.45, 7) is 12.6. The Kier molecular flexibility index (Phi) is 6.86. The Bertz CT molecular complexity index is 644. The number of carbonyl (C=O) groups excluding carboxylic acids is 2. The third kappa shape index (κ3) is 4.79. The van der Waals surface area contributed by atoms with Crippen molar-refractivity contribution in [2.75, 3.05) is 6.61 Å². The van der Waals surface area contributed by atoms with Gasteiger partial charge in [0.05, 0.1) is 6.61 Å². The Balaban J connectivity index is 2.26. The molecule has 1 aromatic carbocycles. The summed E-state index contributed by atoms with van der Waals surface area (Å²) in [6, 6.07) is 12.1. The predicted octanol–water partition coefficient (Wildman–Crippen LogP) is 5.14. The van der Waals surface area contributed by atoms with Crippen LogP contribution in [0.5, 0.6) is 0 Å². The van der Waals surface area contributed by atoms with Crippen LogP contribution in [0.1, 0.15) is 53.1 Å². The largest absolute Gasteiger partial charge is 0.449 e. The van der Waals surface area contributed by atoms with Crippen LogP contribution in [-0.2, 0) is 14.0 Å². The highest BCUT2D eigenvalue weighted by atomic mass is 28.4. The molecule has 6 heteroatoms. The SMILES string of the molecule is CC[Si](CC)(CC)OC1C(=O)N(C(=O)OCC(C)(C)C)C1c1ccccc1. The number of β-lactam (4-membered cyclic amide) rings is 1. The molecule has 1 saturated heterocycles. The molecule has 0 N–H and O–H groups in total. The number of hydrogen-bond acceptors (Lipinski definition) is 4. The first-order valence-electron chi connectivity index (χ1n) is 9.90. The molecule has 27 heavy (non-hydrogen) atoms. The van der Waals surface area contributed by atoms with Crippen molar-refractivity contribution in [3.8, 4) is 0 Å². The molecule has 1 fully saturated rings. The van der Waals surface area contributed by atoms with Gasteiger partial charge in [-0.15, -0.1) is 0 Å². The zero-order valence-electron chi connectivity index (χ0n) is 17.5. The van der Waals surface area contributed by atoms with Gasteiger partial charge in [0.1, 0.15) is 6.04 Å². The summed E-state index contributed by atoms with van der Waals surface area (Å²) < 4.78 is 11.9. The molecule has 1 heterocycles. The molecule has 150 valence electrons. The molecule has 0 saturated carbocycles. The van der Waals surface area contributed by atoms with E-state index in [1.54, 1.807) is 0 Å². The van der Waals surface area contributed by atoms with E-state index >= 15 is 0 Å². The summed E-state index contributed by atoms with van der Waals surface area (Å²) in [6.07, 6.45) is -1.18. The molecule has 2 rings (SSSR count). The van der Waals surface area contributed by atoms with Crippen molar-refractivity contribution in [3.63, 3.8) is 0 Å². The average Bonchev–Trinajstić information content (AvgIpc) is 2.65. The molecule has 0 bridgehead atoms. The van der Waals surface area contributed by atoms with Crippen LogP contribution in [0.25, 0.3) is 0 Å². The van der Waals surface area contributed by atoms with Crippen LogP contribution in [0.3, 0.4) is 0 Å².